The molecule has 0 aliphatic carbocycles. The Morgan fingerprint density at radius 3 is 3.11 bits per heavy atom. The molecular formula is C14H20N2O2. The first-order valence-electron chi connectivity index (χ1n) is 6.66. The SMILES string of the molecule is CCCC1CCCN(c2cccc(C(=O)O)n2)C1. The van der Waals surface area contributed by atoms with Gasteiger partial charge in [-0.05, 0) is 37.3 Å². The highest BCUT2D eigenvalue weighted by Crippen LogP contribution is 2.24. The molecule has 0 aromatic carbocycles. The van der Waals surface area contributed by atoms with Crippen molar-refractivity contribution >= 4 is 11.8 Å². The number of piperidine rings is 1. The molecule has 0 saturated carbocycles. The topological polar surface area (TPSA) is 53.4 Å². The lowest BCUT2D eigenvalue weighted by atomic mass is 9.94. The summed E-state index contributed by atoms with van der Waals surface area (Å²) in [5.41, 5.74) is 0.130. The molecule has 0 spiro atoms. The van der Waals surface area contributed by atoms with Crippen LogP contribution in [0.1, 0.15) is 43.1 Å². The summed E-state index contributed by atoms with van der Waals surface area (Å²) >= 11 is 0. The zero-order valence-electron chi connectivity index (χ0n) is 10.8. The number of carbonyl (C=O) groups is 1. The Balaban J connectivity index is 2.10. The van der Waals surface area contributed by atoms with E-state index < -0.39 is 5.97 Å². The van der Waals surface area contributed by atoms with Crippen molar-refractivity contribution in [3.8, 4) is 0 Å². The third-order valence-corrected chi connectivity index (χ3v) is 3.49. The fourth-order valence-electron chi connectivity index (χ4n) is 2.64. The standard InChI is InChI=1S/C14H20N2O2/c1-2-5-11-6-4-9-16(10-11)13-8-3-7-12(15-13)14(17)18/h3,7-8,11H,2,4-6,9-10H2,1H3,(H,17,18). The number of carboxylic acids is 1. The molecule has 2 rings (SSSR count). The van der Waals surface area contributed by atoms with Crippen LogP contribution in [0.25, 0.3) is 0 Å². The minimum Gasteiger partial charge on any atom is -0.477 e. The zero-order chi connectivity index (χ0) is 13.0. The first-order chi connectivity index (χ1) is 8.70. The van der Waals surface area contributed by atoms with E-state index in [0.29, 0.717) is 0 Å². The number of pyridine rings is 1. The molecule has 18 heavy (non-hydrogen) atoms. The summed E-state index contributed by atoms with van der Waals surface area (Å²) in [6.45, 7) is 4.20. The highest BCUT2D eigenvalue weighted by Gasteiger charge is 2.20. The van der Waals surface area contributed by atoms with Crippen LogP contribution in [-0.4, -0.2) is 29.1 Å². The van der Waals surface area contributed by atoms with Crippen molar-refractivity contribution < 1.29 is 9.90 Å². The quantitative estimate of drug-likeness (QED) is 0.890. The van der Waals surface area contributed by atoms with Gasteiger partial charge in [-0.1, -0.05) is 19.4 Å². The van der Waals surface area contributed by atoms with Gasteiger partial charge in [0.15, 0.2) is 5.69 Å². The van der Waals surface area contributed by atoms with E-state index in [4.69, 9.17) is 5.11 Å². The Bertz CT molecular complexity index is 418. The smallest absolute Gasteiger partial charge is 0.354 e. The lowest BCUT2D eigenvalue weighted by molar-refractivity contribution is 0.0690. The third kappa shape index (κ3) is 3.00. The molecule has 1 aliphatic heterocycles. The minimum absolute atomic E-state index is 0.130. The average Bonchev–Trinajstić information content (AvgIpc) is 2.39. The summed E-state index contributed by atoms with van der Waals surface area (Å²) in [5, 5.41) is 8.96. The van der Waals surface area contributed by atoms with E-state index in [0.717, 1.165) is 24.8 Å². The van der Waals surface area contributed by atoms with Gasteiger partial charge in [0.2, 0.25) is 0 Å². The number of carboxylic acid groups (broad SMARTS) is 1. The molecule has 0 amide bonds. The monoisotopic (exact) mass is 248 g/mol. The molecule has 1 saturated heterocycles. The van der Waals surface area contributed by atoms with E-state index in [1.54, 1.807) is 12.1 Å². The lowest BCUT2D eigenvalue weighted by Gasteiger charge is -2.33. The first-order valence-corrected chi connectivity index (χ1v) is 6.66. The summed E-state index contributed by atoms with van der Waals surface area (Å²) in [4.78, 5) is 17.4. The maximum absolute atomic E-state index is 10.9. The van der Waals surface area contributed by atoms with Crippen molar-refractivity contribution in [1.29, 1.82) is 0 Å². The van der Waals surface area contributed by atoms with Gasteiger partial charge >= 0.3 is 5.97 Å². The van der Waals surface area contributed by atoms with E-state index in [2.05, 4.69) is 16.8 Å². The second-order valence-electron chi connectivity index (χ2n) is 4.93. The van der Waals surface area contributed by atoms with E-state index in [1.807, 2.05) is 6.07 Å². The maximum atomic E-state index is 10.9. The summed E-state index contributed by atoms with van der Waals surface area (Å²) in [6.07, 6.45) is 4.91. The summed E-state index contributed by atoms with van der Waals surface area (Å²) in [5.74, 6) is 0.564. The maximum Gasteiger partial charge on any atom is 0.354 e. The van der Waals surface area contributed by atoms with Gasteiger partial charge in [-0.25, -0.2) is 9.78 Å². The van der Waals surface area contributed by atoms with E-state index in [-0.39, 0.29) is 5.69 Å². The largest absolute Gasteiger partial charge is 0.477 e. The molecule has 1 fully saturated rings. The minimum atomic E-state index is -0.959. The highest BCUT2D eigenvalue weighted by atomic mass is 16.4. The van der Waals surface area contributed by atoms with Gasteiger partial charge in [0.05, 0.1) is 0 Å². The number of anilines is 1. The Labute approximate surface area is 108 Å². The molecule has 1 aliphatic rings. The van der Waals surface area contributed by atoms with Crippen molar-refractivity contribution in [2.75, 3.05) is 18.0 Å². The van der Waals surface area contributed by atoms with Crippen LogP contribution < -0.4 is 4.90 Å². The normalized spacial score (nSPS) is 19.8. The summed E-state index contributed by atoms with van der Waals surface area (Å²) in [7, 11) is 0. The molecule has 1 unspecified atom stereocenters. The third-order valence-electron chi connectivity index (χ3n) is 3.49. The molecule has 1 atom stereocenters. The first kappa shape index (κ1) is 12.9. The van der Waals surface area contributed by atoms with Crippen molar-refractivity contribution in [2.24, 2.45) is 5.92 Å². The van der Waals surface area contributed by atoms with Crippen LogP contribution in [0.5, 0.6) is 0 Å². The van der Waals surface area contributed by atoms with Crippen LogP contribution in [0.3, 0.4) is 0 Å². The molecule has 4 nitrogen and oxygen atoms in total. The average molecular weight is 248 g/mol. The number of hydrogen-bond donors (Lipinski definition) is 1. The Hall–Kier alpha value is -1.58. The second-order valence-corrected chi connectivity index (χ2v) is 4.93. The van der Waals surface area contributed by atoms with Crippen molar-refractivity contribution in [1.82, 2.24) is 4.98 Å². The number of nitrogens with zero attached hydrogens (tertiary/aromatic N) is 2. The van der Waals surface area contributed by atoms with Crippen molar-refractivity contribution in [3.63, 3.8) is 0 Å². The molecule has 1 aromatic rings. The Morgan fingerprint density at radius 2 is 2.39 bits per heavy atom. The van der Waals surface area contributed by atoms with Gasteiger partial charge < -0.3 is 10.0 Å². The van der Waals surface area contributed by atoms with Gasteiger partial charge in [-0.15, -0.1) is 0 Å². The highest BCUT2D eigenvalue weighted by molar-refractivity contribution is 5.85. The number of aromatic carboxylic acids is 1. The van der Waals surface area contributed by atoms with Crippen LogP contribution in [0.2, 0.25) is 0 Å². The van der Waals surface area contributed by atoms with Crippen LogP contribution in [0, 0.1) is 5.92 Å². The van der Waals surface area contributed by atoms with Crippen LogP contribution >= 0.6 is 0 Å². The summed E-state index contributed by atoms with van der Waals surface area (Å²) < 4.78 is 0. The van der Waals surface area contributed by atoms with Crippen LogP contribution in [0.4, 0.5) is 5.82 Å². The van der Waals surface area contributed by atoms with Crippen molar-refractivity contribution in [2.45, 2.75) is 32.6 Å². The lowest BCUT2D eigenvalue weighted by Crippen LogP contribution is -2.36. The fraction of sp³-hybridized carbons (Fsp3) is 0.571. The van der Waals surface area contributed by atoms with Crippen LogP contribution in [0.15, 0.2) is 18.2 Å². The van der Waals surface area contributed by atoms with Gasteiger partial charge in [-0.2, -0.15) is 0 Å². The summed E-state index contributed by atoms with van der Waals surface area (Å²) in [6, 6.07) is 5.22. The van der Waals surface area contributed by atoms with Crippen LogP contribution in [-0.2, 0) is 0 Å². The number of aromatic nitrogens is 1. The molecule has 2 heterocycles. The second kappa shape index (κ2) is 5.85. The molecular weight excluding hydrogens is 228 g/mol. The Morgan fingerprint density at radius 1 is 1.56 bits per heavy atom. The van der Waals surface area contributed by atoms with Gasteiger partial charge in [-0.3, -0.25) is 0 Å². The van der Waals surface area contributed by atoms with E-state index in [1.165, 1.54) is 25.7 Å². The van der Waals surface area contributed by atoms with Crippen molar-refractivity contribution in [3.05, 3.63) is 23.9 Å². The van der Waals surface area contributed by atoms with Gasteiger partial charge in [0, 0.05) is 13.1 Å². The van der Waals surface area contributed by atoms with Gasteiger partial charge in [0.25, 0.3) is 0 Å². The van der Waals surface area contributed by atoms with Gasteiger partial charge in [0.1, 0.15) is 5.82 Å². The molecule has 0 bridgehead atoms. The Kier molecular flexibility index (Phi) is 4.18. The zero-order valence-corrected chi connectivity index (χ0v) is 10.8. The number of rotatable bonds is 4. The molecule has 1 aromatic heterocycles. The predicted octanol–water partition coefficient (Wildman–Crippen LogP) is 2.80. The molecule has 4 heteroatoms. The predicted molar refractivity (Wildman–Crippen MR) is 71.0 cm³/mol. The van der Waals surface area contributed by atoms with E-state index >= 15 is 0 Å². The number of hydrogen-bond acceptors (Lipinski definition) is 3. The molecule has 1 N–H and O–H groups in total. The van der Waals surface area contributed by atoms with E-state index in [9.17, 15) is 4.79 Å². The molecule has 0 radical (unpaired) electrons. The molecule has 98 valence electrons. The fourth-order valence-corrected chi connectivity index (χ4v) is 2.64.